The minimum atomic E-state index is 0.0519. The second kappa shape index (κ2) is 6.63. The molecule has 0 aromatic rings. The number of carbonyl (C=O) groups is 1. The Bertz CT molecular complexity index is 317. The molecular formula is C14H22O2S3. The summed E-state index contributed by atoms with van der Waals surface area (Å²) >= 11 is 5.86. The zero-order valence-corrected chi connectivity index (χ0v) is 13.7. The summed E-state index contributed by atoms with van der Waals surface area (Å²) < 4.78 is 6.10. The average Bonchev–Trinajstić information content (AvgIpc) is 2.48. The average molecular weight is 319 g/mol. The van der Waals surface area contributed by atoms with Gasteiger partial charge in [-0.15, -0.1) is 11.8 Å². The highest BCUT2D eigenvalue weighted by Gasteiger charge is 2.42. The zero-order chi connectivity index (χ0) is 13.1. The van der Waals surface area contributed by atoms with Crippen LogP contribution in [0.3, 0.4) is 0 Å². The van der Waals surface area contributed by atoms with Crippen LogP contribution in [0.15, 0.2) is 0 Å². The van der Waals surface area contributed by atoms with Crippen LogP contribution in [0.4, 0.5) is 0 Å². The van der Waals surface area contributed by atoms with Crippen LogP contribution in [0.25, 0.3) is 0 Å². The van der Waals surface area contributed by atoms with E-state index >= 15 is 0 Å². The van der Waals surface area contributed by atoms with E-state index in [1.165, 1.54) is 17.3 Å². The van der Waals surface area contributed by atoms with Gasteiger partial charge in [-0.25, -0.2) is 0 Å². The highest BCUT2D eigenvalue weighted by atomic mass is 32.2. The summed E-state index contributed by atoms with van der Waals surface area (Å²) in [4.78, 5) is 12.7. The van der Waals surface area contributed by atoms with Crippen LogP contribution in [0.1, 0.15) is 25.7 Å². The van der Waals surface area contributed by atoms with Gasteiger partial charge in [0.05, 0.1) is 10.9 Å². The first kappa shape index (κ1) is 14.6. The molecule has 3 aliphatic rings. The van der Waals surface area contributed by atoms with E-state index in [-0.39, 0.29) is 16.8 Å². The van der Waals surface area contributed by atoms with Crippen LogP contribution in [-0.2, 0) is 9.53 Å². The van der Waals surface area contributed by atoms with Crippen LogP contribution in [0.2, 0.25) is 0 Å². The van der Waals surface area contributed by atoms with Gasteiger partial charge in [0.1, 0.15) is 5.78 Å². The summed E-state index contributed by atoms with van der Waals surface area (Å²) in [5.41, 5.74) is 0.0519. The predicted octanol–water partition coefficient (Wildman–Crippen LogP) is 3.10. The molecule has 108 valence electrons. The highest BCUT2D eigenvalue weighted by molar-refractivity contribution is 8.07. The topological polar surface area (TPSA) is 26.3 Å². The largest absolute Gasteiger partial charge is 0.375 e. The lowest BCUT2D eigenvalue weighted by atomic mass is 9.79. The summed E-state index contributed by atoms with van der Waals surface area (Å²) in [5, 5.41) is 0.261. The molecule has 0 aromatic heterocycles. The van der Waals surface area contributed by atoms with Crippen molar-refractivity contribution in [1.29, 1.82) is 0 Å². The molecule has 3 saturated heterocycles. The number of Topliss-reactive ketones (excluding diaryl/α,β-unsaturated/α-hetero) is 1. The summed E-state index contributed by atoms with van der Waals surface area (Å²) in [6.45, 7) is 0.797. The number of ketones is 1. The lowest BCUT2D eigenvalue weighted by Crippen LogP contribution is -2.46. The summed E-state index contributed by atoms with van der Waals surface area (Å²) in [6.07, 6.45) is 4.24. The number of ether oxygens (including phenoxy) is 1. The maximum absolute atomic E-state index is 12.7. The molecule has 2 nitrogen and oxygen atoms in total. The van der Waals surface area contributed by atoms with Crippen molar-refractivity contribution in [2.24, 2.45) is 5.92 Å². The quantitative estimate of drug-likeness (QED) is 0.779. The Balaban J connectivity index is 1.62. The minimum Gasteiger partial charge on any atom is -0.375 e. The molecule has 0 bridgehead atoms. The molecule has 0 aromatic carbocycles. The predicted molar refractivity (Wildman–Crippen MR) is 86.5 cm³/mol. The molecule has 0 N–H and O–H groups in total. The molecule has 3 fully saturated rings. The molecule has 0 amide bonds. The monoisotopic (exact) mass is 318 g/mol. The van der Waals surface area contributed by atoms with E-state index in [1.807, 2.05) is 35.3 Å². The van der Waals surface area contributed by atoms with Crippen LogP contribution < -0.4 is 0 Å². The SMILES string of the molecule is O=C(C1CCOC2(CCSCC2)C1)C1CSCCS1. The molecule has 3 heterocycles. The van der Waals surface area contributed by atoms with Gasteiger partial charge in [0.25, 0.3) is 0 Å². The number of hydrogen-bond donors (Lipinski definition) is 0. The third-order valence-electron chi connectivity index (χ3n) is 4.43. The van der Waals surface area contributed by atoms with Crippen LogP contribution >= 0.6 is 35.3 Å². The third kappa shape index (κ3) is 3.47. The van der Waals surface area contributed by atoms with Gasteiger partial charge in [0.2, 0.25) is 0 Å². The Kier molecular flexibility index (Phi) is 5.10. The molecule has 0 aliphatic carbocycles. The van der Waals surface area contributed by atoms with Crippen molar-refractivity contribution in [3.05, 3.63) is 0 Å². The minimum absolute atomic E-state index is 0.0519. The van der Waals surface area contributed by atoms with Crippen LogP contribution in [0, 0.1) is 5.92 Å². The smallest absolute Gasteiger partial charge is 0.149 e. The Morgan fingerprint density at radius 1 is 1.11 bits per heavy atom. The van der Waals surface area contributed by atoms with Crippen LogP contribution in [0.5, 0.6) is 0 Å². The maximum Gasteiger partial charge on any atom is 0.149 e. The van der Waals surface area contributed by atoms with Gasteiger partial charge in [-0.3, -0.25) is 4.79 Å². The van der Waals surface area contributed by atoms with Gasteiger partial charge >= 0.3 is 0 Å². The van der Waals surface area contributed by atoms with E-state index in [4.69, 9.17) is 4.74 Å². The van der Waals surface area contributed by atoms with E-state index in [0.717, 1.165) is 43.8 Å². The number of rotatable bonds is 2. The fraction of sp³-hybridized carbons (Fsp3) is 0.929. The van der Waals surface area contributed by atoms with Crippen molar-refractivity contribution >= 4 is 41.1 Å². The normalized spacial score (nSPS) is 35.2. The summed E-state index contributed by atoms with van der Waals surface area (Å²) in [5.74, 6) is 6.59. The highest BCUT2D eigenvalue weighted by Crippen LogP contribution is 2.41. The fourth-order valence-electron chi connectivity index (χ4n) is 3.28. The molecule has 2 atom stereocenters. The van der Waals surface area contributed by atoms with Gasteiger partial charge in [-0.2, -0.15) is 23.5 Å². The number of hydrogen-bond acceptors (Lipinski definition) is 5. The zero-order valence-electron chi connectivity index (χ0n) is 11.3. The molecule has 3 aliphatic heterocycles. The van der Waals surface area contributed by atoms with Gasteiger partial charge in [-0.05, 0) is 37.2 Å². The van der Waals surface area contributed by atoms with Crippen molar-refractivity contribution in [2.45, 2.75) is 36.5 Å². The van der Waals surface area contributed by atoms with Crippen molar-refractivity contribution < 1.29 is 9.53 Å². The molecule has 5 heteroatoms. The first-order valence-corrected chi connectivity index (χ1v) is 10.6. The van der Waals surface area contributed by atoms with E-state index < -0.39 is 0 Å². The first-order chi connectivity index (χ1) is 9.29. The van der Waals surface area contributed by atoms with Gasteiger partial charge < -0.3 is 4.74 Å². The Hall–Kier alpha value is 0.680. The van der Waals surface area contributed by atoms with E-state index in [0.29, 0.717) is 5.78 Å². The molecule has 0 radical (unpaired) electrons. The third-order valence-corrected chi connectivity index (χ3v) is 8.19. The van der Waals surface area contributed by atoms with Crippen LogP contribution in [-0.4, -0.2) is 52.0 Å². The molecule has 19 heavy (non-hydrogen) atoms. The van der Waals surface area contributed by atoms with Crippen molar-refractivity contribution in [3.63, 3.8) is 0 Å². The van der Waals surface area contributed by atoms with E-state index in [9.17, 15) is 4.79 Å². The lowest BCUT2D eigenvalue weighted by Gasteiger charge is -2.43. The van der Waals surface area contributed by atoms with Crippen molar-refractivity contribution in [1.82, 2.24) is 0 Å². The van der Waals surface area contributed by atoms with Gasteiger partial charge in [0.15, 0.2) is 0 Å². The van der Waals surface area contributed by atoms with Gasteiger partial charge in [-0.1, -0.05) is 0 Å². The number of thioether (sulfide) groups is 3. The molecular weight excluding hydrogens is 296 g/mol. The van der Waals surface area contributed by atoms with Crippen molar-refractivity contribution in [3.8, 4) is 0 Å². The Labute approximate surface area is 128 Å². The fourth-order valence-corrected chi connectivity index (χ4v) is 7.23. The second-order valence-corrected chi connectivity index (χ2v) is 9.36. The molecule has 2 unspecified atom stereocenters. The lowest BCUT2D eigenvalue weighted by molar-refractivity contribution is -0.137. The summed E-state index contributed by atoms with van der Waals surface area (Å²) in [6, 6.07) is 0. The molecule has 3 rings (SSSR count). The molecule has 0 saturated carbocycles. The first-order valence-electron chi connectivity index (χ1n) is 7.24. The maximum atomic E-state index is 12.7. The van der Waals surface area contributed by atoms with E-state index in [2.05, 4.69) is 0 Å². The molecule has 1 spiro atoms. The summed E-state index contributed by atoms with van der Waals surface area (Å²) in [7, 11) is 0. The Morgan fingerprint density at radius 3 is 2.68 bits per heavy atom. The number of carbonyl (C=O) groups excluding carboxylic acids is 1. The standard InChI is InChI=1S/C14H22O2S3/c15-13(12-10-18-7-8-19-12)11-1-4-16-14(9-11)2-5-17-6-3-14/h11-12H,1-10H2. The van der Waals surface area contributed by atoms with Crippen molar-refractivity contribution in [2.75, 3.05) is 35.4 Å². The second-order valence-electron chi connectivity index (χ2n) is 5.67. The van der Waals surface area contributed by atoms with E-state index in [1.54, 1.807) is 0 Å². The Morgan fingerprint density at radius 2 is 1.95 bits per heavy atom. The van der Waals surface area contributed by atoms with Gasteiger partial charge in [0, 0.05) is 29.8 Å².